The first kappa shape index (κ1) is 7.32. The van der Waals surface area contributed by atoms with Crippen LogP contribution in [0.25, 0.3) is 0 Å². The van der Waals surface area contributed by atoms with E-state index in [4.69, 9.17) is 4.74 Å². The van der Waals surface area contributed by atoms with Gasteiger partial charge in [-0.15, -0.1) is 12.4 Å². The Morgan fingerprint density at radius 3 is 2.56 bits per heavy atom. The lowest BCUT2D eigenvalue weighted by atomic mass is 9.88. The van der Waals surface area contributed by atoms with Gasteiger partial charge in [0.15, 0.2) is 0 Å². The predicted molar refractivity (Wildman–Crippen MR) is 38.0 cm³/mol. The lowest BCUT2D eigenvalue weighted by molar-refractivity contribution is -0.0553. The summed E-state index contributed by atoms with van der Waals surface area (Å²) in [6.07, 6.45) is 3.17. The highest BCUT2D eigenvalue weighted by Crippen LogP contribution is 2.24. The van der Waals surface area contributed by atoms with Gasteiger partial charge < -0.3 is 10.1 Å². The molecule has 1 N–H and O–H groups in total. The van der Waals surface area contributed by atoms with Crippen molar-refractivity contribution in [3.05, 3.63) is 0 Å². The van der Waals surface area contributed by atoms with Gasteiger partial charge in [-0.3, -0.25) is 0 Å². The van der Waals surface area contributed by atoms with Crippen LogP contribution in [0.15, 0.2) is 0 Å². The zero-order chi connectivity index (χ0) is 5.40. The van der Waals surface area contributed by atoms with E-state index < -0.39 is 0 Å². The molecular formula is C6H12ClNO. The molecule has 2 aliphatic rings. The Morgan fingerprint density at radius 2 is 2.22 bits per heavy atom. The molecule has 3 heteroatoms. The average molecular weight is 150 g/mol. The minimum Gasteiger partial charge on any atom is -0.375 e. The third kappa shape index (κ3) is 1.20. The molecule has 2 fully saturated rings. The smallest absolute Gasteiger partial charge is 0.0729 e. The molecule has 1 saturated heterocycles. The number of fused-ring (bicyclic) bond motifs is 1. The lowest BCUT2D eigenvalue weighted by Crippen LogP contribution is -2.54. The topological polar surface area (TPSA) is 21.3 Å². The van der Waals surface area contributed by atoms with Gasteiger partial charge in [-0.2, -0.15) is 0 Å². The molecule has 1 aliphatic carbocycles. The minimum atomic E-state index is 0. The number of ether oxygens (including phenoxy) is 1. The van der Waals surface area contributed by atoms with Gasteiger partial charge in [0.1, 0.15) is 0 Å². The summed E-state index contributed by atoms with van der Waals surface area (Å²) in [5.74, 6) is 0. The van der Waals surface area contributed by atoms with Gasteiger partial charge in [-0.05, 0) is 12.8 Å². The normalized spacial score (nSPS) is 40.0. The molecule has 1 aliphatic heterocycles. The quantitative estimate of drug-likeness (QED) is 0.544. The van der Waals surface area contributed by atoms with E-state index in [1.54, 1.807) is 0 Å². The van der Waals surface area contributed by atoms with Crippen molar-refractivity contribution in [3.63, 3.8) is 0 Å². The summed E-state index contributed by atoms with van der Waals surface area (Å²) in [6, 6.07) is 0.712. The van der Waals surface area contributed by atoms with E-state index in [1.807, 2.05) is 0 Å². The van der Waals surface area contributed by atoms with E-state index in [-0.39, 0.29) is 12.4 Å². The van der Waals surface area contributed by atoms with Crippen molar-refractivity contribution in [2.75, 3.05) is 13.2 Å². The Morgan fingerprint density at radius 1 is 1.33 bits per heavy atom. The highest BCUT2D eigenvalue weighted by Gasteiger charge is 2.33. The fraction of sp³-hybridized carbons (Fsp3) is 1.00. The second-order valence-electron chi connectivity index (χ2n) is 2.55. The lowest BCUT2D eigenvalue weighted by Gasteiger charge is -2.40. The maximum Gasteiger partial charge on any atom is 0.0729 e. The average Bonchev–Trinajstić information content (AvgIpc) is 1.72. The van der Waals surface area contributed by atoms with Crippen molar-refractivity contribution in [2.45, 2.75) is 25.0 Å². The fourth-order valence-corrected chi connectivity index (χ4v) is 1.36. The predicted octanol–water partition coefficient (Wildman–Crippen LogP) is 0.559. The van der Waals surface area contributed by atoms with Crippen molar-refractivity contribution in [3.8, 4) is 0 Å². The molecule has 9 heavy (non-hydrogen) atoms. The van der Waals surface area contributed by atoms with Gasteiger partial charge in [-0.25, -0.2) is 0 Å². The third-order valence-corrected chi connectivity index (χ3v) is 2.05. The SMILES string of the molecule is C1CO[C@@H]2CC[C@@H]2N1.Cl. The van der Waals surface area contributed by atoms with Crippen LogP contribution in [0.3, 0.4) is 0 Å². The zero-order valence-electron chi connectivity index (χ0n) is 5.30. The maximum absolute atomic E-state index is 5.41. The molecule has 0 amide bonds. The Labute approximate surface area is 61.4 Å². The van der Waals surface area contributed by atoms with Crippen molar-refractivity contribution < 1.29 is 4.74 Å². The molecular weight excluding hydrogens is 138 g/mol. The third-order valence-electron chi connectivity index (χ3n) is 2.05. The first-order valence-corrected chi connectivity index (χ1v) is 3.32. The molecule has 0 aromatic rings. The van der Waals surface area contributed by atoms with Gasteiger partial charge in [0, 0.05) is 12.6 Å². The molecule has 2 rings (SSSR count). The molecule has 2 atom stereocenters. The second kappa shape index (κ2) is 2.86. The second-order valence-corrected chi connectivity index (χ2v) is 2.55. The first-order valence-electron chi connectivity index (χ1n) is 3.32. The van der Waals surface area contributed by atoms with Crippen LogP contribution >= 0.6 is 12.4 Å². The van der Waals surface area contributed by atoms with Crippen LogP contribution in [-0.2, 0) is 4.74 Å². The van der Waals surface area contributed by atoms with Crippen molar-refractivity contribution >= 4 is 12.4 Å². The number of nitrogens with one attached hydrogen (secondary N) is 1. The first-order chi connectivity index (χ1) is 3.97. The molecule has 0 aromatic heterocycles. The molecule has 2 nitrogen and oxygen atoms in total. The summed E-state index contributed by atoms with van der Waals surface area (Å²) in [6.45, 7) is 1.97. The summed E-state index contributed by atoms with van der Waals surface area (Å²) >= 11 is 0. The van der Waals surface area contributed by atoms with Crippen LogP contribution in [0.4, 0.5) is 0 Å². The van der Waals surface area contributed by atoms with E-state index in [1.165, 1.54) is 12.8 Å². The molecule has 0 bridgehead atoms. The van der Waals surface area contributed by atoms with Crippen LogP contribution in [-0.4, -0.2) is 25.3 Å². The van der Waals surface area contributed by atoms with Crippen LogP contribution in [0, 0.1) is 0 Å². The Kier molecular flexibility index (Phi) is 2.33. The van der Waals surface area contributed by atoms with Crippen LogP contribution in [0.5, 0.6) is 0 Å². The van der Waals surface area contributed by atoms with E-state index in [0.717, 1.165) is 13.2 Å². The van der Waals surface area contributed by atoms with Crippen molar-refractivity contribution in [1.82, 2.24) is 5.32 Å². The van der Waals surface area contributed by atoms with Crippen molar-refractivity contribution in [2.24, 2.45) is 0 Å². The summed E-state index contributed by atoms with van der Waals surface area (Å²) in [4.78, 5) is 0. The van der Waals surface area contributed by atoms with E-state index in [9.17, 15) is 0 Å². The molecule has 0 radical (unpaired) electrons. The monoisotopic (exact) mass is 149 g/mol. The van der Waals surface area contributed by atoms with E-state index in [0.29, 0.717) is 12.1 Å². The Bertz CT molecular complexity index is 87.1. The van der Waals surface area contributed by atoms with Crippen LogP contribution < -0.4 is 5.32 Å². The zero-order valence-corrected chi connectivity index (χ0v) is 6.12. The molecule has 0 spiro atoms. The Hall–Kier alpha value is 0.210. The minimum absolute atomic E-state index is 0. The summed E-state index contributed by atoms with van der Waals surface area (Å²) < 4.78 is 5.41. The number of hydrogen-bond acceptors (Lipinski definition) is 2. The molecule has 1 saturated carbocycles. The van der Waals surface area contributed by atoms with Crippen LogP contribution in [0.2, 0.25) is 0 Å². The number of rotatable bonds is 0. The fourth-order valence-electron chi connectivity index (χ4n) is 1.36. The maximum atomic E-state index is 5.41. The molecule has 54 valence electrons. The number of halogens is 1. The highest BCUT2D eigenvalue weighted by molar-refractivity contribution is 5.85. The van der Waals surface area contributed by atoms with Crippen molar-refractivity contribution in [1.29, 1.82) is 0 Å². The Balaban J connectivity index is 0.000000405. The van der Waals surface area contributed by atoms with Gasteiger partial charge in [-0.1, -0.05) is 0 Å². The molecule has 1 heterocycles. The summed E-state index contributed by atoms with van der Waals surface area (Å²) in [7, 11) is 0. The van der Waals surface area contributed by atoms with Crippen LogP contribution in [0.1, 0.15) is 12.8 Å². The van der Waals surface area contributed by atoms with Gasteiger partial charge in [0.05, 0.1) is 12.7 Å². The molecule has 0 aromatic carbocycles. The standard InChI is InChI=1S/C6H11NO.ClH/c1-2-6-5(1)7-3-4-8-6;/h5-7H,1-4H2;1H/t5-,6+;/m0./s1. The van der Waals surface area contributed by atoms with Gasteiger partial charge in [0.2, 0.25) is 0 Å². The molecule has 0 unspecified atom stereocenters. The van der Waals surface area contributed by atoms with E-state index in [2.05, 4.69) is 5.32 Å². The number of hydrogen-bond donors (Lipinski definition) is 1. The highest BCUT2D eigenvalue weighted by atomic mass is 35.5. The number of morpholine rings is 1. The largest absolute Gasteiger partial charge is 0.375 e. The van der Waals surface area contributed by atoms with Gasteiger partial charge >= 0.3 is 0 Å². The summed E-state index contributed by atoms with van der Waals surface area (Å²) in [5, 5.41) is 3.39. The summed E-state index contributed by atoms with van der Waals surface area (Å²) in [5.41, 5.74) is 0. The van der Waals surface area contributed by atoms with Gasteiger partial charge in [0.25, 0.3) is 0 Å². The van der Waals surface area contributed by atoms with E-state index >= 15 is 0 Å².